The van der Waals surface area contributed by atoms with Gasteiger partial charge in [0.15, 0.2) is 0 Å². The largest absolute Gasteiger partial charge is 0.309 e. The van der Waals surface area contributed by atoms with Gasteiger partial charge in [0.25, 0.3) is 0 Å². The van der Waals surface area contributed by atoms with Crippen molar-refractivity contribution in [3.8, 4) is 34.0 Å². The van der Waals surface area contributed by atoms with Crippen LogP contribution in [0.2, 0.25) is 0 Å². The molecule has 0 radical (unpaired) electrons. The summed E-state index contributed by atoms with van der Waals surface area (Å²) >= 11 is 0. The minimum absolute atomic E-state index is 0.536. The lowest BCUT2D eigenvalue weighted by Crippen LogP contribution is -2.44. The Balaban J connectivity index is 1.02. The SMILES string of the molecule is c1ccc(-n2c3ccccc3c3c4c5ccccc5n(-c5nc(-c6ccc7c(c6)C6(c8ccccc8-c8ccccc86)c6ccccc6P7c6ccccc6)c6ccccc6n5)c4ccc32)cc1. The number of aromatic nitrogens is 4. The fourth-order valence-electron chi connectivity index (χ4n) is 12.1. The molecule has 2 aliphatic rings. The molecule has 0 bridgehead atoms. The Labute approximate surface area is 393 Å². The normalized spacial score (nSPS) is 14.4. The average Bonchev–Trinajstić information content (AvgIpc) is 4.03. The van der Waals surface area contributed by atoms with Gasteiger partial charge in [0, 0.05) is 38.2 Å². The molecule has 3 aromatic heterocycles. The van der Waals surface area contributed by atoms with E-state index in [9.17, 15) is 0 Å². The van der Waals surface area contributed by atoms with Gasteiger partial charge in [-0.15, -0.1) is 0 Å². The minimum Gasteiger partial charge on any atom is -0.309 e. The Kier molecular flexibility index (Phi) is 7.93. The van der Waals surface area contributed by atoms with Gasteiger partial charge in [-0.1, -0.05) is 188 Å². The Morgan fingerprint density at radius 3 is 1.60 bits per heavy atom. The highest BCUT2D eigenvalue weighted by Crippen LogP contribution is 2.60. The van der Waals surface area contributed by atoms with Gasteiger partial charge in [-0.25, -0.2) is 9.97 Å². The van der Waals surface area contributed by atoms with E-state index in [0.717, 1.165) is 38.9 Å². The van der Waals surface area contributed by atoms with E-state index in [2.05, 4.69) is 246 Å². The molecular formula is C63H39N4P. The molecule has 1 unspecified atom stereocenters. The monoisotopic (exact) mass is 882 g/mol. The molecule has 1 spiro atoms. The molecule has 0 N–H and O–H groups in total. The summed E-state index contributed by atoms with van der Waals surface area (Å²) in [6.45, 7) is 0. The first-order chi connectivity index (χ1) is 33.8. The van der Waals surface area contributed by atoms with Crippen molar-refractivity contribution in [2.45, 2.75) is 5.41 Å². The molecule has 15 rings (SSSR count). The number of rotatable bonds is 4. The summed E-state index contributed by atoms with van der Waals surface area (Å²) in [5.41, 5.74) is 15.9. The molecule has 316 valence electrons. The number of hydrogen-bond donors (Lipinski definition) is 0. The standard InChI is InChI=1S/C63H39N4P/c1-3-19-41(20-4-1)66-53-32-16-10-26-46(53)59-55(66)36-37-56-60(59)47-27-11-17-33-54(47)67(56)62-64-52-31-15-9-25-45(52)61(65-62)40-35-38-58-51(39-40)63(48-28-12-7-23-43(48)44-24-8-13-29-49(44)63)50-30-14-18-34-57(50)68(58)42-21-5-2-6-22-42/h1-39H. The van der Waals surface area contributed by atoms with Crippen LogP contribution in [0, 0.1) is 0 Å². The molecule has 5 heteroatoms. The van der Waals surface area contributed by atoms with E-state index < -0.39 is 13.3 Å². The highest BCUT2D eigenvalue weighted by atomic mass is 31.1. The van der Waals surface area contributed by atoms with Gasteiger partial charge in [0.2, 0.25) is 5.95 Å². The van der Waals surface area contributed by atoms with Crippen LogP contribution in [0.3, 0.4) is 0 Å². The Bertz CT molecular complexity index is 4180. The Morgan fingerprint density at radius 1 is 0.368 bits per heavy atom. The van der Waals surface area contributed by atoms with E-state index in [0.29, 0.717) is 5.95 Å². The zero-order valence-corrected chi connectivity index (χ0v) is 37.6. The Hall–Kier alpha value is -8.43. The van der Waals surface area contributed by atoms with Crippen LogP contribution >= 0.6 is 7.92 Å². The van der Waals surface area contributed by atoms with E-state index in [1.54, 1.807) is 0 Å². The van der Waals surface area contributed by atoms with Crippen molar-refractivity contribution in [3.63, 3.8) is 0 Å². The average molecular weight is 883 g/mol. The fourth-order valence-corrected chi connectivity index (χ4v) is 14.8. The van der Waals surface area contributed by atoms with Crippen LogP contribution in [0.15, 0.2) is 237 Å². The third-order valence-corrected chi connectivity index (χ3v) is 17.3. The topological polar surface area (TPSA) is 35.6 Å². The Morgan fingerprint density at radius 2 is 0.897 bits per heavy atom. The first kappa shape index (κ1) is 37.8. The van der Waals surface area contributed by atoms with Crippen LogP contribution in [-0.2, 0) is 5.41 Å². The molecule has 10 aromatic carbocycles. The molecule has 4 heterocycles. The quantitative estimate of drug-likeness (QED) is 0.165. The minimum atomic E-state index is -0.890. The number of fused-ring (bicyclic) bond motifs is 17. The predicted octanol–water partition coefficient (Wildman–Crippen LogP) is 13.9. The second kappa shape index (κ2) is 14.3. The van der Waals surface area contributed by atoms with Crippen LogP contribution in [0.4, 0.5) is 0 Å². The molecule has 0 saturated carbocycles. The van der Waals surface area contributed by atoms with Crippen molar-refractivity contribution >= 4 is 78.3 Å². The molecule has 13 aromatic rings. The van der Waals surface area contributed by atoms with E-state index in [1.165, 1.54) is 81.9 Å². The van der Waals surface area contributed by atoms with Crippen molar-refractivity contribution in [2.75, 3.05) is 0 Å². The number of hydrogen-bond acceptors (Lipinski definition) is 2. The summed E-state index contributed by atoms with van der Waals surface area (Å²) in [5, 5.41) is 9.96. The molecule has 0 fully saturated rings. The smallest absolute Gasteiger partial charge is 0.235 e. The predicted molar refractivity (Wildman–Crippen MR) is 283 cm³/mol. The van der Waals surface area contributed by atoms with Crippen LogP contribution in [0.25, 0.3) is 88.5 Å². The molecule has 68 heavy (non-hydrogen) atoms. The summed E-state index contributed by atoms with van der Waals surface area (Å²) in [6.07, 6.45) is 0. The summed E-state index contributed by atoms with van der Waals surface area (Å²) in [4.78, 5) is 11.2. The van der Waals surface area contributed by atoms with Gasteiger partial charge < -0.3 is 4.57 Å². The van der Waals surface area contributed by atoms with Gasteiger partial charge in [-0.05, 0) is 106 Å². The van der Waals surface area contributed by atoms with Crippen LogP contribution in [0.5, 0.6) is 0 Å². The van der Waals surface area contributed by atoms with Gasteiger partial charge in [0.1, 0.15) is 0 Å². The second-order valence-corrected chi connectivity index (χ2v) is 20.2. The third-order valence-electron chi connectivity index (χ3n) is 14.7. The summed E-state index contributed by atoms with van der Waals surface area (Å²) < 4.78 is 4.69. The van der Waals surface area contributed by atoms with Crippen molar-refractivity contribution in [1.29, 1.82) is 0 Å². The van der Waals surface area contributed by atoms with Gasteiger partial charge in [0.05, 0.1) is 38.7 Å². The lowest BCUT2D eigenvalue weighted by molar-refractivity contribution is 0.777. The van der Waals surface area contributed by atoms with Crippen molar-refractivity contribution in [1.82, 2.24) is 19.1 Å². The maximum Gasteiger partial charge on any atom is 0.235 e. The van der Waals surface area contributed by atoms with Crippen molar-refractivity contribution in [3.05, 3.63) is 259 Å². The first-order valence-electron chi connectivity index (χ1n) is 23.3. The summed E-state index contributed by atoms with van der Waals surface area (Å²) in [5.74, 6) is 0.650. The summed E-state index contributed by atoms with van der Waals surface area (Å²) in [7, 11) is -0.890. The van der Waals surface area contributed by atoms with Crippen LogP contribution in [0.1, 0.15) is 22.3 Å². The van der Waals surface area contributed by atoms with Crippen molar-refractivity contribution < 1.29 is 0 Å². The molecule has 1 aliphatic carbocycles. The second-order valence-electron chi connectivity index (χ2n) is 18.0. The molecule has 1 aliphatic heterocycles. The zero-order valence-electron chi connectivity index (χ0n) is 36.8. The number of benzene rings is 10. The highest BCUT2D eigenvalue weighted by molar-refractivity contribution is 7.80. The van der Waals surface area contributed by atoms with Gasteiger partial charge in [-0.2, -0.15) is 0 Å². The van der Waals surface area contributed by atoms with Crippen LogP contribution < -0.4 is 15.9 Å². The number of nitrogens with zero attached hydrogens (tertiary/aromatic N) is 4. The molecule has 0 saturated heterocycles. The first-order valence-corrected chi connectivity index (χ1v) is 24.7. The molecule has 1 atom stereocenters. The van der Waals surface area contributed by atoms with E-state index >= 15 is 0 Å². The maximum atomic E-state index is 5.74. The lowest BCUT2D eigenvalue weighted by Gasteiger charge is -2.43. The number of para-hydroxylation sites is 4. The maximum absolute atomic E-state index is 5.74. The molecule has 0 amide bonds. The third kappa shape index (κ3) is 5.02. The van der Waals surface area contributed by atoms with E-state index in [4.69, 9.17) is 9.97 Å². The molecule has 4 nitrogen and oxygen atoms in total. The van der Waals surface area contributed by atoms with Gasteiger partial charge >= 0.3 is 0 Å². The van der Waals surface area contributed by atoms with E-state index in [-0.39, 0.29) is 0 Å². The summed E-state index contributed by atoms with van der Waals surface area (Å²) in [6, 6.07) is 87.2. The van der Waals surface area contributed by atoms with Gasteiger partial charge in [-0.3, -0.25) is 4.57 Å². The fraction of sp³-hybridized carbons (Fsp3) is 0.0159. The highest BCUT2D eigenvalue weighted by Gasteiger charge is 2.52. The lowest BCUT2D eigenvalue weighted by atomic mass is 9.67. The zero-order chi connectivity index (χ0) is 44.5. The van der Waals surface area contributed by atoms with Crippen molar-refractivity contribution in [2.24, 2.45) is 0 Å². The van der Waals surface area contributed by atoms with E-state index in [1.807, 2.05) is 0 Å². The van der Waals surface area contributed by atoms with Crippen LogP contribution in [-0.4, -0.2) is 19.1 Å². The molecular weight excluding hydrogens is 844 g/mol.